The summed E-state index contributed by atoms with van der Waals surface area (Å²) in [5.41, 5.74) is 5.79. The van der Waals surface area contributed by atoms with Gasteiger partial charge < -0.3 is 5.32 Å². The number of hydrogen-bond acceptors (Lipinski definition) is 2. The molecule has 1 heterocycles. The first-order valence-corrected chi connectivity index (χ1v) is 9.60. The molecule has 0 saturated heterocycles. The van der Waals surface area contributed by atoms with Gasteiger partial charge in [-0.1, -0.05) is 51.6 Å². The molecule has 0 radical (unpaired) electrons. The monoisotopic (exact) mass is 324 g/mol. The SMILES string of the molecule is C=C/C=C\c1c(CC)ccc2c1CN(CC)C1(CCC(C)CC1)N2. The molecule has 1 aromatic carbocycles. The van der Waals surface area contributed by atoms with Crippen LogP contribution in [0, 0.1) is 5.92 Å². The Morgan fingerprint density at radius 1 is 1.29 bits per heavy atom. The van der Waals surface area contributed by atoms with Gasteiger partial charge >= 0.3 is 0 Å². The normalized spacial score (nSPS) is 27.2. The zero-order valence-electron chi connectivity index (χ0n) is 15.6. The zero-order chi connectivity index (χ0) is 17.2. The van der Waals surface area contributed by atoms with Crippen molar-refractivity contribution in [3.8, 4) is 0 Å². The molecular formula is C22H32N2. The maximum Gasteiger partial charge on any atom is 0.0909 e. The molecule has 2 nitrogen and oxygen atoms in total. The highest BCUT2D eigenvalue weighted by Gasteiger charge is 2.42. The number of benzene rings is 1. The minimum absolute atomic E-state index is 0.168. The molecule has 1 spiro atoms. The fourth-order valence-electron chi connectivity index (χ4n) is 4.45. The lowest BCUT2D eigenvalue weighted by molar-refractivity contribution is 0.0521. The maximum absolute atomic E-state index is 3.97. The number of hydrogen-bond donors (Lipinski definition) is 1. The summed E-state index contributed by atoms with van der Waals surface area (Å²) in [6.45, 7) is 12.9. The molecule has 24 heavy (non-hydrogen) atoms. The van der Waals surface area contributed by atoms with Crippen LogP contribution >= 0.6 is 0 Å². The first-order chi connectivity index (χ1) is 11.6. The van der Waals surface area contributed by atoms with Crippen molar-refractivity contribution in [1.82, 2.24) is 4.90 Å². The Morgan fingerprint density at radius 3 is 2.67 bits per heavy atom. The predicted molar refractivity (Wildman–Crippen MR) is 105 cm³/mol. The van der Waals surface area contributed by atoms with Gasteiger partial charge in [0.15, 0.2) is 0 Å². The molecule has 2 aliphatic rings. The minimum atomic E-state index is 0.168. The third kappa shape index (κ3) is 3.04. The summed E-state index contributed by atoms with van der Waals surface area (Å²) in [6, 6.07) is 4.61. The van der Waals surface area contributed by atoms with Crippen molar-refractivity contribution in [1.29, 1.82) is 0 Å². The van der Waals surface area contributed by atoms with Crippen molar-refractivity contribution < 1.29 is 0 Å². The van der Waals surface area contributed by atoms with Gasteiger partial charge in [-0.05, 0) is 67.3 Å². The van der Waals surface area contributed by atoms with Gasteiger partial charge in [0, 0.05) is 12.2 Å². The van der Waals surface area contributed by atoms with Gasteiger partial charge in [-0.25, -0.2) is 0 Å². The summed E-state index contributed by atoms with van der Waals surface area (Å²) < 4.78 is 0. The van der Waals surface area contributed by atoms with E-state index in [1.165, 1.54) is 48.1 Å². The van der Waals surface area contributed by atoms with Crippen LogP contribution in [0.5, 0.6) is 0 Å². The van der Waals surface area contributed by atoms with E-state index in [-0.39, 0.29) is 5.66 Å². The maximum atomic E-state index is 3.97. The highest BCUT2D eigenvalue weighted by molar-refractivity contribution is 5.69. The lowest BCUT2D eigenvalue weighted by Gasteiger charge is -2.52. The molecule has 0 unspecified atom stereocenters. The van der Waals surface area contributed by atoms with E-state index in [1.807, 2.05) is 6.08 Å². The summed E-state index contributed by atoms with van der Waals surface area (Å²) >= 11 is 0. The van der Waals surface area contributed by atoms with Gasteiger partial charge in [0.1, 0.15) is 0 Å². The summed E-state index contributed by atoms with van der Waals surface area (Å²) in [5.74, 6) is 0.867. The van der Waals surface area contributed by atoms with E-state index < -0.39 is 0 Å². The molecule has 1 N–H and O–H groups in total. The van der Waals surface area contributed by atoms with Crippen molar-refractivity contribution in [3.63, 3.8) is 0 Å². The lowest BCUT2D eigenvalue weighted by atomic mass is 9.79. The Hall–Kier alpha value is -1.54. The largest absolute Gasteiger partial charge is 0.367 e. The zero-order valence-corrected chi connectivity index (χ0v) is 15.6. The molecule has 3 rings (SSSR count). The predicted octanol–water partition coefficient (Wildman–Crippen LogP) is 5.60. The number of aryl methyl sites for hydroxylation is 1. The topological polar surface area (TPSA) is 15.3 Å². The molecular weight excluding hydrogens is 292 g/mol. The van der Waals surface area contributed by atoms with Crippen LogP contribution in [0.1, 0.15) is 63.1 Å². The fraction of sp³-hybridized carbons (Fsp3) is 0.545. The Kier molecular flexibility index (Phi) is 5.15. The summed E-state index contributed by atoms with van der Waals surface area (Å²) in [7, 11) is 0. The molecule has 0 bridgehead atoms. The van der Waals surface area contributed by atoms with Gasteiger partial charge in [0.05, 0.1) is 5.66 Å². The molecule has 0 amide bonds. The number of rotatable bonds is 4. The molecule has 0 atom stereocenters. The van der Waals surface area contributed by atoms with Crippen molar-refractivity contribution in [2.24, 2.45) is 5.92 Å². The van der Waals surface area contributed by atoms with Gasteiger partial charge in [0.25, 0.3) is 0 Å². The van der Waals surface area contributed by atoms with E-state index in [9.17, 15) is 0 Å². The molecule has 1 saturated carbocycles. The second kappa shape index (κ2) is 7.14. The third-order valence-corrected chi connectivity index (χ3v) is 6.03. The van der Waals surface area contributed by atoms with E-state index in [1.54, 1.807) is 0 Å². The summed E-state index contributed by atoms with van der Waals surface area (Å²) in [4.78, 5) is 2.67. The lowest BCUT2D eigenvalue weighted by Crippen LogP contribution is -2.58. The van der Waals surface area contributed by atoms with E-state index in [0.29, 0.717) is 0 Å². The van der Waals surface area contributed by atoms with Crippen LogP contribution in [0.25, 0.3) is 6.08 Å². The average molecular weight is 325 g/mol. The standard InChI is InChI=1S/C22H32N2/c1-5-8-9-19-18(6-2)10-11-21-20(19)16-24(7-3)22(23-21)14-12-17(4)13-15-22/h5,8-11,17,23H,1,6-7,12-16H2,2-4H3/b9-8-. The number of allylic oxidation sites excluding steroid dienone is 2. The van der Waals surface area contributed by atoms with Crippen LogP contribution < -0.4 is 5.32 Å². The molecule has 1 fully saturated rings. The molecule has 130 valence electrons. The van der Waals surface area contributed by atoms with Crippen LogP contribution in [0.3, 0.4) is 0 Å². The van der Waals surface area contributed by atoms with Gasteiger partial charge in [-0.2, -0.15) is 0 Å². The van der Waals surface area contributed by atoms with Crippen LogP contribution in [0.15, 0.2) is 30.9 Å². The van der Waals surface area contributed by atoms with Crippen molar-refractivity contribution >= 4 is 11.8 Å². The Morgan fingerprint density at radius 2 is 2.04 bits per heavy atom. The van der Waals surface area contributed by atoms with Crippen molar-refractivity contribution in [2.75, 3.05) is 11.9 Å². The fourth-order valence-corrected chi connectivity index (χ4v) is 4.45. The first kappa shape index (κ1) is 17.3. The highest BCUT2D eigenvalue weighted by Crippen LogP contribution is 2.43. The molecule has 2 heteroatoms. The summed E-state index contributed by atoms with van der Waals surface area (Å²) in [6.07, 6.45) is 12.4. The van der Waals surface area contributed by atoms with Crippen molar-refractivity contribution in [3.05, 3.63) is 47.6 Å². The van der Waals surface area contributed by atoms with Gasteiger partial charge in [0.2, 0.25) is 0 Å². The van der Waals surface area contributed by atoms with E-state index in [2.05, 4.69) is 61.9 Å². The Balaban J connectivity index is 2.01. The van der Waals surface area contributed by atoms with Crippen LogP contribution in [-0.2, 0) is 13.0 Å². The van der Waals surface area contributed by atoms with E-state index >= 15 is 0 Å². The van der Waals surface area contributed by atoms with Gasteiger partial charge in [-0.15, -0.1) is 0 Å². The van der Waals surface area contributed by atoms with E-state index in [4.69, 9.17) is 0 Å². The smallest absolute Gasteiger partial charge is 0.0909 e. The number of nitrogens with one attached hydrogen (secondary N) is 1. The summed E-state index contributed by atoms with van der Waals surface area (Å²) in [5, 5.41) is 3.97. The Bertz CT molecular complexity index is 621. The second-order valence-corrected chi connectivity index (χ2v) is 7.47. The van der Waals surface area contributed by atoms with Gasteiger partial charge in [-0.3, -0.25) is 4.90 Å². The number of fused-ring (bicyclic) bond motifs is 1. The quantitative estimate of drug-likeness (QED) is 0.725. The van der Waals surface area contributed by atoms with Crippen LogP contribution in [0.2, 0.25) is 0 Å². The minimum Gasteiger partial charge on any atom is -0.367 e. The average Bonchev–Trinajstić information content (AvgIpc) is 2.61. The molecule has 1 aromatic rings. The number of anilines is 1. The Labute approximate surface area is 147 Å². The number of nitrogens with zero attached hydrogens (tertiary/aromatic N) is 1. The highest BCUT2D eigenvalue weighted by atomic mass is 15.3. The third-order valence-electron chi connectivity index (χ3n) is 6.03. The van der Waals surface area contributed by atoms with Crippen LogP contribution in [0.4, 0.5) is 5.69 Å². The molecule has 0 aromatic heterocycles. The van der Waals surface area contributed by atoms with Crippen LogP contribution in [-0.4, -0.2) is 17.1 Å². The van der Waals surface area contributed by atoms with E-state index in [0.717, 1.165) is 25.4 Å². The molecule has 1 aliphatic heterocycles. The molecule has 1 aliphatic carbocycles. The van der Waals surface area contributed by atoms with Crippen molar-refractivity contribution in [2.45, 2.75) is 65.1 Å². The second-order valence-electron chi connectivity index (χ2n) is 7.47. The first-order valence-electron chi connectivity index (χ1n) is 9.60.